The van der Waals surface area contributed by atoms with Crippen LogP contribution in [0, 0.1) is 0 Å². The van der Waals surface area contributed by atoms with Gasteiger partial charge in [-0.1, -0.05) is 104 Å². The highest BCUT2D eigenvalue weighted by Gasteiger charge is 2.15. The maximum atomic E-state index is 6.13. The Kier molecular flexibility index (Phi) is 16.2. The quantitative estimate of drug-likeness (QED) is 0.197. The molecule has 0 N–H and O–H groups in total. The smallest absolute Gasteiger partial charge is 0.169 e. The molecule has 0 aliphatic heterocycles. The Balaban J connectivity index is 3.15. The van der Waals surface area contributed by atoms with Crippen molar-refractivity contribution in [2.75, 3.05) is 0 Å². The first-order valence-electron chi connectivity index (χ1n) is 10.6. The summed E-state index contributed by atoms with van der Waals surface area (Å²) < 4.78 is 6.13. The second-order valence-electron chi connectivity index (χ2n) is 8.56. The van der Waals surface area contributed by atoms with Crippen molar-refractivity contribution in [2.45, 2.75) is 129 Å². The number of hydrogen-bond acceptors (Lipinski definition) is 1. The summed E-state index contributed by atoms with van der Waals surface area (Å²) in [5.74, 6) is 0. The summed E-state index contributed by atoms with van der Waals surface area (Å²) in [7, 11) is -1.51. The summed E-state index contributed by atoms with van der Waals surface area (Å²) >= 11 is 0. The average molecular weight is 359 g/mol. The molecule has 0 amide bonds. The highest BCUT2D eigenvalue weighted by Crippen LogP contribution is 2.18. The van der Waals surface area contributed by atoms with Crippen molar-refractivity contribution in [3.05, 3.63) is 0 Å². The molecule has 0 aromatic rings. The standard InChI is InChI=1S/C20H46OSi2/c1-6-7-8-9-10-11-12-13-14-15-16-17-18-19-20(2)22-21-23(3,4)5/h20H,6-19,22H2,1-5H3. The lowest BCUT2D eigenvalue weighted by Crippen LogP contribution is -2.28. The van der Waals surface area contributed by atoms with Gasteiger partial charge in [0.25, 0.3) is 0 Å². The van der Waals surface area contributed by atoms with Crippen molar-refractivity contribution in [3.63, 3.8) is 0 Å². The van der Waals surface area contributed by atoms with Gasteiger partial charge in [-0.15, -0.1) is 0 Å². The molecule has 0 bridgehead atoms. The van der Waals surface area contributed by atoms with Crippen LogP contribution in [0.2, 0.25) is 25.2 Å². The first-order valence-corrected chi connectivity index (χ1v) is 15.4. The topological polar surface area (TPSA) is 9.23 Å². The molecule has 0 aromatic heterocycles. The summed E-state index contributed by atoms with van der Waals surface area (Å²) in [5, 5.41) is 0. The van der Waals surface area contributed by atoms with Crippen LogP contribution < -0.4 is 0 Å². The lowest BCUT2D eigenvalue weighted by Gasteiger charge is -2.20. The predicted octanol–water partition coefficient (Wildman–Crippen LogP) is 7.21. The minimum Gasteiger partial charge on any atom is -0.460 e. The highest BCUT2D eigenvalue weighted by molar-refractivity contribution is 6.74. The van der Waals surface area contributed by atoms with Crippen molar-refractivity contribution in [1.29, 1.82) is 0 Å². The molecule has 1 nitrogen and oxygen atoms in total. The number of unbranched alkanes of at least 4 members (excludes halogenated alkanes) is 12. The largest absolute Gasteiger partial charge is 0.460 e. The van der Waals surface area contributed by atoms with E-state index in [1.807, 2.05) is 0 Å². The average Bonchev–Trinajstić information content (AvgIpc) is 2.49. The maximum absolute atomic E-state index is 6.13. The molecule has 0 aliphatic rings. The van der Waals surface area contributed by atoms with Crippen LogP contribution >= 0.6 is 0 Å². The van der Waals surface area contributed by atoms with E-state index in [4.69, 9.17) is 4.12 Å². The molecule has 0 fully saturated rings. The molecule has 0 saturated carbocycles. The van der Waals surface area contributed by atoms with E-state index >= 15 is 0 Å². The molecule has 1 atom stereocenters. The van der Waals surface area contributed by atoms with Crippen LogP contribution in [0.4, 0.5) is 0 Å². The molecule has 0 heterocycles. The third-order valence-corrected chi connectivity index (χ3v) is 9.71. The second kappa shape index (κ2) is 15.9. The van der Waals surface area contributed by atoms with Crippen molar-refractivity contribution in [2.24, 2.45) is 0 Å². The molecule has 0 spiro atoms. The molecule has 0 aromatic carbocycles. The molecule has 0 radical (unpaired) electrons. The Bertz CT molecular complexity index is 238. The number of hydrogen-bond donors (Lipinski definition) is 0. The normalized spacial score (nSPS) is 14.0. The Labute approximate surface area is 151 Å². The van der Waals surface area contributed by atoms with Crippen LogP contribution in [0.3, 0.4) is 0 Å². The van der Waals surface area contributed by atoms with Gasteiger partial charge in [0, 0.05) is 0 Å². The second-order valence-corrected chi connectivity index (χ2v) is 15.7. The van der Waals surface area contributed by atoms with Crippen molar-refractivity contribution in [1.82, 2.24) is 0 Å². The Morgan fingerprint density at radius 2 is 1.09 bits per heavy atom. The molecule has 3 heteroatoms. The van der Waals surface area contributed by atoms with E-state index in [1.165, 1.54) is 89.9 Å². The van der Waals surface area contributed by atoms with Gasteiger partial charge in [0.1, 0.15) is 9.76 Å². The van der Waals surface area contributed by atoms with Crippen LogP contribution in [0.5, 0.6) is 0 Å². The van der Waals surface area contributed by atoms with Crippen molar-refractivity contribution < 1.29 is 4.12 Å². The fourth-order valence-corrected chi connectivity index (χ4v) is 6.58. The monoisotopic (exact) mass is 358 g/mol. The molecule has 23 heavy (non-hydrogen) atoms. The van der Waals surface area contributed by atoms with Gasteiger partial charge < -0.3 is 4.12 Å². The van der Waals surface area contributed by atoms with E-state index in [9.17, 15) is 0 Å². The van der Waals surface area contributed by atoms with E-state index in [-0.39, 0.29) is 9.76 Å². The summed E-state index contributed by atoms with van der Waals surface area (Å²) in [4.78, 5) is 0. The third-order valence-electron chi connectivity index (χ3n) is 4.60. The van der Waals surface area contributed by atoms with Gasteiger partial charge in [0.2, 0.25) is 0 Å². The lowest BCUT2D eigenvalue weighted by atomic mass is 10.0. The predicted molar refractivity (Wildman–Crippen MR) is 113 cm³/mol. The van der Waals surface area contributed by atoms with Gasteiger partial charge in [-0.25, -0.2) is 0 Å². The van der Waals surface area contributed by atoms with Crippen LogP contribution in [-0.4, -0.2) is 18.1 Å². The minimum atomic E-state index is -1.24. The van der Waals surface area contributed by atoms with Gasteiger partial charge in [-0.3, -0.25) is 0 Å². The third kappa shape index (κ3) is 20.3. The molecule has 0 aliphatic carbocycles. The lowest BCUT2D eigenvalue weighted by molar-refractivity contribution is 0.526. The van der Waals surface area contributed by atoms with E-state index in [2.05, 4.69) is 33.5 Å². The zero-order valence-corrected chi connectivity index (χ0v) is 19.5. The molecule has 0 saturated heterocycles. The van der Waals surface area contributed by atoms with Crippen molar-refractivity contribution in [3.8, 4) is 0 Å². The zero-order chi connectivity index (χ0) is 17.4. The number of rotatable bonds is 17. The molecule has 1 unspecified atom stereocenters. The zero-order valence-electron chi connectivity index (χ0n) is 17.1. The SMILES string of the molecule is CCCCCCCCCCCCCCCC(C)[SiH2]O[Si](C)(C)C. The first-order chi connectivity index (χ1) is 11.0. The van der Waals surface area contributed by atoms with Crippen LogP contribution in [0.15, 0.2) is 0 Å². The Morgan fingerprint density at radius 1 is 0.696 bits per heavy atom. The molecular weight excluding hydrogens is 312 g/mol. The van der Waals surface area contributed by atoms with Gasteiger partial charge >= 0.3 is 0 Å². The van der Waals surface area contributed by atoms with Crippen molar-refractivity contribution >= 4 is 18.1 Å². The van der Waals surface area contributed by atoms with E-state index < -0.39 is 8.32 Å². The summed E-state index contributed by atoms with van der Waals surface area (Å²) in [6.45, 7) is 11.7. The van der Waals surface area contributed by atoms with Gasteiger partial charge in [0.15, 0.2) is 8.32 Å². The van der Waals surface area contributed by atoms with Gasteiger partial charge in [-0.2, -0.15) is 0 Å². The molecular formula is C20H46OSi2. The fourth-order valence-electron chi connectivity index (χ4n) is 2.99. The van der Waals surface area contributed by atoms with Crippen LogP contribution in [-0.2, 0) is 4.12 Å². The highest BCUT2D eigenvalue weighted by atomic mass is 28.4. The molecule has 140 valence electrons. The maximum Gasteiger partial charge on any atom is 0.169 e. The minimum absolute atomic E-state index is 0.268. The van der Waals surface area contributed by atoms with E-state index in [1.54, 1.807) is 0 Å². The van der Waals surface area contributed by atoms with Gasteiger partial charge in [0.05, 0.1) is 0 Å². The van der Waals surface area contributed by atoms with E-state index in [0.717, 1.165) is 5.54 Å². The summed E-state index contributed by atoms with van der Waals surface area (Å²) in [6.07, 6.45) is 20.3. The van der Waals surface area contributed by atoms with Gasteiger partial charge in [-0.05, 0) is 25.2 Å². The molecule has 0 rings (SSSR count). The summed E-state index contributed by atoms with van der Waals surface area (Å²) in [6, 6.07) is 0. The van der Waals surface area contributed by atoms with Crippen LogP contribution in [0.25, 0.3) is 0 Å². The van der Waals surface area contributed by atoms with Crippen LogP contribution in [0.1, 0.15) is 104 Å². The Morgan fingerprint density at radius 3 is 1.48 bits per heavy atom. The first kappa shape index (κ1) is 23.4. The van der Waals surface area contributed by atoms with E-state index in [0.29, 0.717) is 0 Å². The summed E-state index contributed by atoms with van der Waals surface area (Å²) in [5.41, 5.74) is 0.884. The Hall–Kier alpha value is 0.394. The fraction of sp³-hybridized carbons (Fsp3) is 1.00.